The molecule has 0 amide bonds. The Bertz CT molecular complexity index is 522. The first-order valence-corrected chi connectivity index (χ1v) is 5.38. The summed E-state index contributed by atoms with van der Waals surface area (Å²) in [4.78, 5) is 1.86. The van der Waals surface area contributed by atoms with Gasteiger partial charge >= 0.3 is 0 Å². The summed E-state index contributed by atoms with van der Waals surface area (Å²) in [6, 6.07) is 8.14. The van der Waals surface area contributed by atoms with Crippen LogP contribution in [0.2, 0.25) is 0 Å². The molecule has 1 aromatic carbocycles. The van der Waals surface area contributed by atoms with Crippen LogP contribution in [-0.4, -0.2) is 7.05 Å². The number of furan rings is 1. The molecule has 0 atom stereocenters. The first-order chi connectivity index (χ1) is 8.06. The minimum Gasteiger partial charge on any atom is -0.464 e. The highest BCUT2D eigenvalue weighted by Crippen LogP contribution is 2.24. The molecule has 2 rings (SSSR count). The monoisotopic (exact) mass is 234 g/mol. The van der Waals surface area contributed by atoms with Crippen molar-refractivity contribution in [3.8, 4) is 0 Å². The molecular weight excluding hydrogens is 219 g/mol. The summed E-state index contributed by atoms with van der Waals surface area (Å²) < 4.78 is 18.6. The van der Waals surface area contributed by atoms with Crippen molar-refractivity contribution >= 4 is 11.4 Å². The van der Waals surface area contributed by atoms with E-state index in [1.165, 1.54) is 12.1 Å². The van der Waals surface area contributed by atoms with Gasteiger partial charge < -0.3 is 15.1 Å². The smallest absolute Gasteiger partial charge is 0.125 e. The molecule has 1 aromatic heterocycles. The Morgan fingerprint density at radius 2 is 2.06 bits per heavy atom. The number of nitrogens with two attached hydrogens (primary N) is 1. The van der Waals surface area contributed by atoms with E-state index in [1.54, 1.807) is 6.07 Å². The van der Waals surface area contributed by atoms with E-state index >= 15 is 0 Å². The third kappa shape index (κ3) is 2.58. The summed E-state index contributed by atoms with van der Waals surface area (Å²) in [6.45, 7) is 2.45. The van der Waals surface area contributed by atoms with Crippen LogP contribution in [0, 0.1) is 12.7 Å². The van der Waals surface area contributed by atoms with Crippen molar-refractivity contribution in [2.75, 3.05) is 17.7 Å². The molecule has 17 heavy (non-hydrogen) atoms. The molecule has 2 aromatic rings. The Balaban J connectivity index is 2.19. The largest absolute Gasteiger partial charge is 0.464 e. The quantitative estimate of drug-likeness (QED) is 0.830. The van der Waals surface area contributed by atoms with E-state index in [4.69, 9.17) is 10.2 Å². The van der Waals surface area contributed by atoms with E-state index in [2.05, 4.69) is 0 Å². The van der Waals surface area contributed by atoms with Gasteiger partial charge in [0.15, 0.2) is 0 Å². The second-order valence-electron chi connectivity index (χ2n) is 4.07. The molecule has 0 spiro atoms. The third-order valence-electron chi connectivity index (χ3n) is 2.59. The van der Waals surface area contributed by atoms with Crippen molar-refractivity contribution in [1.29, 1.82) is 0 Å². The van der Waals surface area contributed by atoms with Gasteiger partial charge in [0.1, 0.15) is 17.3 Å². The Labute approximate surface area is 99.6 Å². The summed E-state index contributed by atoms with van der Waals surface area (Å²) in [5, 5.41) is 0. The zero-order valence-electron chi connectivity index (χ0n) is 9.90. The Kier molecular flexibility index (Phi) is 3.04. The molecule has 0 saturated heterocycles. The minimum absolute atomic E-state index is 0.295. The van der Waals surface area contributed by atoms with Crippen LogP contribution in [-0.2, 0) is 6.54 Å². The van der Waals surface area contributed by atoms with Crippen molar-refractivity contribution in [1.82, 2.24) is 0 Å². The second-order valence-corrected chi connectivity index (χ2v) is 4.07. The summed E-state index contributed by atoms with van der Waals surface area (Å²) in [5.41, 5.74) is 7.03. The van der Waals surface area contributed by atoms with Gasteiger partial charge in [0, 0.05) is 7.05 Å². The van der Waals surface area contributed by atoms with Crippen LogP contribution in [0.4, 0.5) is 15.8 Å². The highest BCUT2D eigenvalue weighted by atomic mass is 19.1. The van der Waals surface area contributed by atoms with Crippen molar-refractivity contribution in [2.45, 2.75) is 13.5 Å². The first-order valence-electron chi connectivity index (χ1n) is 5.38. The molecule has 0 saturated carbocycles. The number of hydrogen-bond donors (Lipinski definition) is 1. The fourth-order valence-corrected chi connectivity index (χ4v) is 1.74. The van der Waals surface area contributed by atoms with Gasteiger partial charge in [-0.3, -0.25) is 0 Å². The molecule has 1 heterocycles. The lowest BCUT2D eigenvalue weighted by Gasteiger charge is -2.19. The number of anilines is 2. The van der Waals surface area contributed by atoms with Crippen LogP contribution in [0.25, 0.3) is 0 Å². The maximum Gasteiger partial charge on any atom is 0.125 e. The molecule has 0 aliphatic heterocycles. The van der Waals surface area contributed by atoms with E-state index in [9.17, 15) is 4.39 Å². The average molecular weight is 234 g/mol. The Hall–Kier alpha value is -1.97. The highest BCUT2D eigenvalue weighted by Gasteiger charge is 2.09. The summed E-state index contributed by atoms with van der Waals surface area (Å²) in [7, 11) is 1.85. The van der Waals surface area contributed by atoms with Crippen molar-refractivity contribution in [2.24, 2.45) is 0 Å². The van der Waals surface area contributed by atoms with Gasteiger partial charge in [-0.2, -0.15) is 0 Å². The van der Waals surface area contributed by atoms with Gasteiger partial charge in [-0.1, -0.05) is 0 Å². The van der Waals surface area contributed by atoms with Gasteiger partial charge in [0.05, 0.1) is 17.9 Å². The lowest BCUT2D eigenvalue weighted by atomic mass is 10.2. The van der Waals surface area contributed by atoms with Crippen LogP contribution in [0.1, 0.15) is 11.5 Å². The van der Waals surface area contributed by atoms with E-state index in [-0.39, 0.29) is 5.82 Å². The fraction of sp³-hybridized carbons (Fsp3) is 0.231. The van der Waals surface area contributed by atoms with Crippen LogP contribution in [0.5, 0.6) is 0 Å². The predicted octanol–water partition coefficient (Wildman–Crippen LogP) is 2.95. The number of halogens is 1. The predicted molar refractivity (Wildman–Crippen MR) is 66.4 cm³/mol. The maximum atomic E-state index is 13.1. The molecule has 90 valence electrons. The number of nitrogen functional groups attached to an aromatic ring is 1. The molecule has 0 aliphatic rings. The lowest BCUT2D eigenvalue weighted by Crippen LogP contribution is -2.17. The average Bonchev–Trinajstić information content (AvgIpc) is 2.67. The van der Waals surface area contributed by atoms with Crippen LogP contribution in [0.3, 0.4) is 0 Å². The van der Waals surface area contributed by atoms with Gasteiger partial charge in [-0.05, 0) is 37.3 Å². The first kappa shape index (κ1) is 11.5. The van der Waals surface area contributed by atoms with Gasteiger partial charge in [0.25, 0.3) is 0 Å². The topological polar surface area (TPSA) is 42.4 Å². The zero-order chi connectivity index (χ0) is 12.4. The standard InChI is InChI=1S/C13H15FN2O/c1-9-3-5-11(17-9)8-16(2)13-7-10(14)4-6-12(13)15/h3-7H,8,15H2,1-2H3. The van der Waals surface area contributed by atoms with Crippen molar-refractivity contribution in [3.05, 3.63) is 47.7 Å². The van der Waals surface area contributed by atoms with Gasteiger partial charge in [-0.15, -0.1) is 0 Å². The normalized spacial score (nSPS) is 10.5. The third-order valence-corrected chi connectivity index (χ3v) is 2.59. The molecule has 0 fully saturated rings. The van der Waals surface area contributed by atoms with E-state index in [0.717, 1.165) is 11.5 Å². The van der Waals surface area contributed by atoms with Crippen LogP contribution < -0.4 is 10.6 Å². The lowest BCUT2D eigenvalue weighted by molar-refractivity contribution is 0.481. The van der Waals surface area contributed by atoms with Gasteiger partial charge in [-0.25, -0.2) is 4.39 Å². The van der Waals surface area contributed by atoms with Crippen molar-refractivity contribution in [3.63, 3.8) is 0 Å². The number of aryl methyl sites for hydroxylation is 1. The Morgan fingerprint density at radius 1 is 1.29 bits per heavy atom. The van der Waals surface area contributed by atoms with E-state index < -0.39 is 0 Å². The van der Waals surface area contributed by atoms with Gasteiger partial charge in [0.2, 0.25) is 0 Å². The Morgan fingerprint density at radius 3 is 2.71 bits per heavy atom. The zero-order valence-corrected chi connectivity index (χ0v) is 9.90. The highest BCUT2D eigenvalue weighted by molar-refractivity contribution is 5.67. The summed E-state index contributed by atoms with van der Waals surface area (Å²) >= 11 is 0. The molecule has 4 heteroatoms. The van der Waals surface area contributed by atoms with Crippen LogP contribution >= 0.6 is 0 Å². The molecular formula is C13H15FN2O. The van der Waals surface area contributed by atoms with Crippen LogP contribution in [0.15, 0.2) is 34.7 Å². The number of hydrogen-bond acceptors (Lipinski definition) is 3. The minimum atomic E-state index is -0.295. The molecule has 0 aliphatic carbocycles. The number of rotatable bonds is 3. The fourth-order valence-electron chi connectivity index (χ4n) is 1.74. The summed E-state index contributed by atoms with van der Waals surface area (Å²) in [6.07, 6.45) is 0. The molecule has 0 unspecified atom stereocenters. The SMILES string of the molecule is Cc1ccc(CN(C)c2cc(F)ccc2N)o1. The second kappa shape index (κ2) is 4.49. The molecule has 3 nitrogen and oxygen atoms in total. The number of nitrogens with zero attached hydrogens (tertiary/aromatic N) is 1. The molecule has 0 radical (unpaired) electrons. The molecule has 0 bridgehead atoms. The maximum absolute atomic E-state index is 13.1. The molecule has 2 N–H and O–H groups in total. The van der Waals surface area contributed by atoms with E-state index in [1.807, 2.05) is 31.0 Å². The van der Waals surface area contributed by atoms with Crippen molar-refractivity contribution < 1.29 is 8.81 Å². The van der Waals surface area contributed by atoms with E-state index in [0.29, 0.717) is 17.9 Å². The summed E-state index contributed by atoms with van der Waals surface area (Å²) in [5.74, 6) is 1.39. The number of benzene rings is 1.